The molecule has 7 heteroatoms. The highest BCUT2D eigenvalue weighted by Gasteiger charge is 2.50. The van der Waals surface area contributed by atoms with Gasteiger partial charge in [-0.25, -0.2) is 10.9 Å². The first kappa shape index (κ1) is 18.4. The molecule has 3 saturated heterocycles. The van der Waals surface area contributed by atoms with Gasteiger partial charge in [0.15, 0.2) is 0 Å². The van der Waals surface area contributed by atoms with Gasteiger partial charge < -0.3 is 9.80 Å². The van der Waals surface area contributed by atoms with Crippen molar-refractivity contribution in [3.63, 3.8) is 0 Å². The molecule has 7 nitrogen and oxygen atoms in total. The summed E-state index contributed by atoms with van der Waals surface area (Å²) in [6.07, 6.45) is 6.17. The van der Waals surface area contributed by atoms with Crippen molar-refractivity contribution >= 4 is 11.8 Å². The van der Waals surface area contributed by atoms with Gasteiger partial charge in [-0.15, -0.1) is 0 Å². The highest BCUT2D eigenvalue weighted by Crippen LogP contribution is 2.40. The molecule has 3 fully saturated rings. The number of hydrogen-bond donors (Lipinski definition) is 2. The topological polar surface area (TPSA) is 77.6 Å². The predicted octanol–water partition coefficient (Wildman–Crippen LogP) is 1.24. The van der Waals surface area contributed by atoms with E-state index in [1.54, 1.807) is 6.20 Å². The highest BCUT2D eigenvalue weighted by molar-refractivity contribution is 5.87. The first-order valence-corrected chi connectivity index (χ1v) is 10.1. The first-order valence-electron chi connectivity index (χ1n) is 10.1. The molecule has 2 amide bonds. The number of carbonyl (C=O) groups is 2. The molecular formula is C20H29N5O2. The lowest BCUT2D eigenvalue weighted by Gasteiger charge is -2.39. The van der Waals surface area contributed by atoms with Gasteiger partial charge in [0.25, 0.3) is 0 Å². The van der Waals surface area contributed by atoms with Crippen molar-refractivity contribution < 1.29 is 9.59 Å². The minimum absolute atomic E-state index is 0.0353. The first-order chi connectivity index (χ1) is 13.1. The van der Waals surface area contributed by atoms with Crippen LogP contribution >= 0.6 is 0 Å². The van der Waals surface area contributed by atoms with Gasteiger partial charge in [0, 0.05) is 32.4 Å². The lowest BCUT2D eigenvalue weighted by Crippen LogP contribution is -2.51. The van der Waals surface area contributed by atoms with E-state index in [-0.39, 0.29) is 29.3 Å². The van der Waals surface area contributed by atoms with E-state index >= 15 is 0 Å². The van der Waals surface area contributed by atoms with Crippen LogP contribution in [0.2, 0.25) is 0 Å². The van der Waals surface area contributed by atoms with Crippen LogP contribution < -0.4 is 10.9 Å². The zero-order valence-electron chi connectivity index (χ0n) is 16.0. The summed E-state index contributed by atoms with van der Waals surface area (Å²) in [5.41, 5.74) is 6.92. The van der Waals surface area contributed by atoms with Crippen molar-refractivity contribution in [3.8, 4) is 0 Å². The van der Waals surface area contributed by atoms with Crippen molar-refractivity contribution in [1.82, 2.24) is 25.6 Å². The van der Waals surface area contributed by atoms with Crippen LogP contribution in [0.4, 0.5) is 0 Å². The molecule has 27 heavy (non-hydrogen) atoms. The van der Waals surface area contributed by atoms with Crippen molar-refractivity contribution in [1.29, 1.82) is 0 Å². The summed E-state index contributed by atoms with van der Waals surface area (Å²) in [4.78, 5) is 34.3. The van der Waals surface area contributed by atoms with Crippen LogP contribution in [0.3, 0.4) is 0 Å². The third kappa shape index (κ3) is 3.46. The van der Waals surface area contributed by atoms with E-state index in [1.807, 2.05) is 28.0 Å². The van der Waals surface area contributed by atoms with E-state index in [0.717, 1.165) is 44.5 Å². The van der Waals surface area contributed by atoms with Crippen LogP contribution in [-0.2, 0) is 9.59 Å². The van der Waals surface area contributed by atoms with Gasteiger partial charge in [-0.2, -0.15) is 0 Å². The number of hydrazine groups is 1. The number of aromatic nitrogens is 1. The third-order valence-electron chi connectivity index (χ3n) is 6.23. The molecule has 146 valence electrons. The predicted molar refractivity (Wildman–Crippen MR) is 101 cm³/mol. The minimum atomic E-state index is -0.352. The van der Waals surface area contributed by atoms with Crippen molar-refractivity contribution in [2.24, 2.45) is 5.41 Å². The van der Waals surface area contributed by atoms with E-state index < -0.39 is 0 Å². The van der Waals surface area contributed by atoms with Gasteiger partial charge >= 0.3 is 0 Å². The molecule has 0 radical (unpaired) electrons. The average molecular weight is 371 g/mol. The number of amides is 2. The molecule has 0 bridgehead atoms. The monoisotopic (exact) mass is 371 g/mol. The molecule has 3 unspecified atom stereocenters. The third-order valence-corrected chi connectivity index (χ3v) is 6.23. The summed E-state index contributed by atoms with van der Waals surface area (Å²) in [5, 5.41) is 0. The Bertz CT molecular complexity index is 695. The smallest absolute Gasteiger partial charge is 0.241 e. The van der Waals surface area contributed by atoms with Gasteiger partial charge in [0.1, 0.15) is 6.04 Å². The molecule has 1 spiro atoms. The second-order valence-electron chi connectivity index (χ2n) is 8.07. The molecule has 1 aromatic heterocycles. The molecule has 3 aliphatic heterocycles. The molecule has 2 N–H and O–H groups in total. The van der Waals surface area contributed by atoms with Crippen molar-refractivity contribution in [2.75, 3.05) is 26.2 Å². The fourth-order valence-corrected chi connectivity index (χ4v) is 4.79. The minimum Gasteiger partial charge on any atom is -0.342 e. The maximum absolute atomic E-state index is 13.0. The molecule has 0 saturated carbocycles. The Labute approximate surface area is 160 Å². The summed E-state index contributed by atoms with van der Waals surface area (Å²) >= 11 is 0. The Balaban J connectivity index is 1.39. The second-order valence-corrected chi connectivity index (χ2v) is 8.07. The fourth-order valence-electron chi connectivity index (χ4n) is 4.79. The number of piperidine rings is 1. The number of pyridine rings is 1. The Hall–Kier alpha value is -1.99. The van der Waals surface area contributed by atoms with Gasteiger partial charge in [-0.3, -0.25) is 14.6 Å². The van der Waals surface area contributed by atoms with Gasteiger partial charge in [-0.05, 0) is 44.2 Å². The van der Waals surface area contributed by atoms with Gasteiger partial charge in [0.2, 0.25) is 11.8 Å². The number of rotatable bonds is 4. The van der Waals surface area contributed by atoms with E-state index in [4.69, 9.17) is 0 Å². The molecule has 4 heterocycles. The zero-order chi connectivity index (χ0) is 18.9. The molecular weight excluding hydrogens is 342 g/mol. The van der Waals surface area contributed by atoms with E-state index in [9.17, 15) is 9.59 Å². The van der Waals surface area contributed by atoms with Crippen molar-refractivity contribution in [2.45, 2.75) is 51.1 Å². The van der Waals surface area contributed by atoms with Gasteiger partial charge in [0.05, 0.1) is 17.2 Å². The summed E-state index contributed by atoms with van der Waals surface area (Å²) in [6.45, 7) is 5.04. The maximum atomic E-state index is 13.0. The van der Waals surface area contributed by atoms with Crippen LogP contribution in [-0.4, -0.2) is 58.8 Å². The van der Waals surface area contributed by atoms with Crippen molar-refractivity contribution in [3.05, 3.63) is 30.1 Å². The molecule has 1 aromatic rings. The molecule has 0 aliphatic carbocycles. The maximum Gasteiger partial charge on any atom is 0.241 e. The molecule has 3 atom stereocenters. The summed E-state index contributed by atoms with van der Waals surface area (Å²) < 4.78 is 0. The second kappa shape index (κ2) is 7.56. The number of nitrogens with zero attached hydrogens (tertiary/aromatic N) is 3. The molecule has 4 rings (SSSR count). The zero-order valence-corrected chi connectivity index (χ0v) is 16.0. The Morgan fingerprint density at radius 1 is 1.30 bits per heavy atom. The number of nitrogens with one attached hydrogen (secondary N) is 2. The van der Waals surface area contributed by atoms with Gasteiger partial charge in [-0.1, -0.05) is 13.0 Å². The lowest BCUT2D eigenvalue weighted by molar-refractivity contribution is -0.146. The summed E-state index contributed by atoms with van der Waals surface area (Å²) in [5.74, 6) is 0.355. The van der Waals surface area contributed by atoms with E-state index in [0.29, 0.717) is 19.5 Å². The van der Waals surface area contributed by atoms with Crippen LogP contribution in [0.1, 0.15) is 50.8 Å². The summed E-state index contributed by atoms with van der Waals surface area (Å²) in [6, 6.07) is 5.59. The fraction of sp³-hybridized carbons (Fsp3) is 0.650. The Morgan fingerprint density at radius 2 is 2.19 bits per heavy atom. The van der Waals surface area contributed by atoms with E-state index in [1.165, 1.54) is 0 Å². The van der Waals surface area contributed by atoms with Crippen LogP contribution in [0.5, 0.6) is 0 Å². The highest BCUT2D eigenvalue weighted by atomic mass is 16.2. The Kier molecular flexibility index (Phi) is 5.14. The van der Waals surface area contributed by atoms with Crippen LogP contribution in [0, 0.1) is 5.41 Å². The molecule has 0 aromatic carbocycles. The number of carbonyl (C=O) groups excluding carboxylic acids is 2. The summed E-state index contributed by atoms with van der Waals surface area (Å²) in [7, 11) is 0. The normalized spacial score (nSPS) is 31.1. The number of hydrogen-bond acceptors (Lipinski definition) is 5. The van der Waals surface area contributed by atoms with Crippen LogP contribution in [0.25, 0.3) is 0 Å². The number of likely N-dealkylation sites (tertiary alicyclic amines) is 2. The average Bonchev–Trinajstić information content (AvgIpc) is 3.35. The lowest BCUT2D eigenvalue weighted by atomic mass is 9.78. The quantitative estimate of drug-likeness (QED) is 0.833. The van der Waals surface area contributed by atoms with E-state index in [2.05, 4.69) is 22.8 Å². The molecule has 3 aliphatic rings. The standard InChI is InChI=1S/C20H29N5O2/c1-2-10-24-11-5-7-20(19(24)27)8-12-25(14-20)18(26)17-13-16(22-23-17)15-6-3-4-9-21-15/h3-4,6,9,16-17,22-23H,2,5,7-8,10-14H2,1H3. The Morgan fingerprint density at radius 3 is 2.96 bits per heavy atom. The SMILES string of the molecule is CCCN1CCCC2(CCN(C(=O)C3CC(c4ccccn4)NN3)C2)C1=O. The van der Waals surface area contributed by atoms with Crippen LogP contribution in [0.15, 0.2) is 24.4 Å². The largest absolute Gasteiger partial charge is 0.342 e.